The molecule has 0 aromatic rings. The monoisotopic (exact) mass is 298 g/mol. The van der Waals surface area contributed by atoms with Crippen molar-refractivity contribution in [3.63, 3.8) is 0 Å². The average Bonchev–Trinajstić information content (AvgIpc) is 2.44. The number of urea groups is 1. The van der Waals surface area contributed by atoms with Crippen LogP contribution < -0.4 is 5.32 Å². The summed E-state index contributed by atoms with van der Waals surface area (Å²) >= 11 is 0. The fraction of sp³-hybridized carbons (Fsp3) is 0.733. The SMILES string of the molecule is C=C(C)COCCNC(=O)N1CCCCC1CCC(=O)O. The zero-order chi connectivity index (χ0) is 15.7. The molecule has 120 valence electrons. The normalized spacial score (nSPS) is 18.3. The van der Waals surface area contributed by atoms with Crippen LogP contribution in [-0.2, 0) is 9.53 Å². The molecular formula is C15H26N2O4. The number of aliphatic carboxylic acids is 1. The minimum atomic E-state index is -0.811. The second kappa shape index (κ2) is 9.39. The quantitative estimate of drug-likeness (QED) is 0.531. The maximum atomic E-state index is 12.1. The van der Waals surface area contributed by atoms with Gasteiger partial charge in [-0.3, -0.25) is 4.79 Å². The fourth-order valence-electron chi connectivity index (χ4n) is 2.44. The molecule has 1 heterocycles. The number of rotatable bonds is 8. The summed E-state index contributed by atoms with van der Waals surface area (Å²) in [5.74, 6) is -0.811. The van der Waals surface area contributed by atoms with Crippen LogP contribution in [0.5, 0.6) is 0 Å². The molecule has 0 spiro atoms. The number of nitrogens with one attached hydrogen (secondary N) is 1. The molecule has 2 N–H and O–H groups in total. The number of likely N-dealkylation sites (tertiary alicyclic amines) is 1. The maximum absolute atomic E-state index is 12.1. The lowest BCUT2D eigenvalue weighted by atomic mass is 9.98. The number of piperidine rings is 1. The van der Waals surface area contributed by atoms with Gasteiger partial charge in [0.2, 0.25) is 0 Å². The standard InChI is InChI=1S/C15H26N2O4/c1-12(2)11-21-10-8-16-15(20)17-9-4-3-5-13(17)6-7-14(18)19/h13H,1,3-11H2,2H3,(H,16,20)(H,18,19). The first-order valence-electron chi connectivity index (χ1n) is 7.49. The lowest BCUT2D eigenvalue weighted by Gasteiger charge is -2.35. The Hall–Kier alpha value is -1.56. The summed E-state index contributed by atoms with van der Waals surface area (Å²) in [6.45, 7) is 7.73. The van der Waals surface area contributed by atoms with Crippen molar-refractivity contribution in [2.45, 2.75) is 45.1 Å². The van der Waals surface area contributed by atoms with Crippen LogP contribution in [0.1, 0.15) is 39.0 Å². The predicted molar refractivity (Wildman–Crippen MR) is 80.2 cm³/mol. The van der Waals surface area contributed by atoms with Crippen LogP contribution in [0.25, 0.3) is 0 Å². The molecule has 0 saturated carbocycles. The van der Waals surface area contributed by atoms with E-state index in [1.54, 1.807) is 4.90 Å². The molecule has 2 amide bonds. The molecule has 1 aliphatic heterocycles. The minimum Gasteiger partial charge on any atom is -0.481 e. The highest BCUT2D eigenvalue weighted by atomic mass is 16.5. The van der Waals surface area contributed by atoms with Gasteiger partial charge in [-0.15, -0.1) is 0 Å². The molecule has 0 radical (unpaired) electrons. The van der Waals surface area contributed by atoms with E-state index in [4.69, 9.17) is 9.84 Å². The maximum Gasteiger partial charge on any atom is 0.317 e. The van der Waals surface area contributed by atoms with E-state index in [-0.39, 0.29) is 18.5 Å². The van der Waals surface area contributed by atoms with Gasteiger partial charge in [0, 0.05) is 25.6 Å². The summed E-state index contributed by atoms with van der Waals surface area (Å²) in [6.07, 6.45) is 3.54. The first kappa shape index (κ1) is 17.5. The van der Waals surface area contributed by atoms with Crippen molar-refractivity contribution in [1.29, 1.82) is 0 Å². The summed E-state index contributed by atoms with van der Waals surface area (Å²) < 4.78 is 5.33. The van der Waals surface area contributed by atoms with E-state index in [2.05, 4.69) is 11.9 Å². The molecular weight excluding hydrogens is 272 g/mol. The van der Waals surface area contributed by atoms with Gasteiger partial charge in [0.15, 0.2) is 0 Å². The Kier molecular flexibility index (Phi) is 7.82. The van der Waals surface area contributed by atoms with Crippen molar-refractivity contribution in [1.82, 2.24) is 10.2 Å². The van der Waals surface area contributed by atoms with Crippen LogP contribution in [0.3, 0.4) is 0 Å². The third-order valence-electron chi connectivity index (χ3n) is 3.45. The third kappa shape index (κ3) is 7.13. The van der Waals surface area contributed by atoms with Gasteiger partial charge in [-0.1, -0.05) is 12.2 Å². The van der Waals surface area contributed by atoms with Crippen LogP contribution in [-0.4, -0.2) is 54.4 Å². The molecule has 0 bridgehead atoms. The number of amides is 2. The van der Waals surface area contributed by atoms with Crippen molar-refractivity contribution in [3.05, 3.63) is 12.2 Å². The van der Waals surface area contributed by atoms with Crippen molar-refractivity contribution in [2.75, 3.05) is 26.3 Å². The second-order valence-electron chi connectivity index (χ2n) is 5.52. The lowest BCUT2D eigenvalue weighted by Crippen LogP contribution is -2.49. The van der Waals surface area contributed by atoms with E-state index in [9.17, 15) is 9.59 Å². The highest BCUT2D eigenvalue weighted by molar-refractivity contribution is 5.74. The highest BCUT2D eigenvalue weighted by Crippen LogP contribution is 2.20. The molecule has 1 saturated heterocycles. The smallest absolute Gasteiger partial charge is 0.317 e. The van der Waals surface area contributed by atoms with Crippen LogP contribution in [0.2, 0.25) is 0 Å². The van der Waals surface area contributed by atoms with Gasteiger partial charge < -0.3 is 20.1 Å². The number of carboxylic acids is 1. The molecule has 1 aliphatic rings. The molecule has 6 heteroatoms. The van der Waals surface area contributed by atoms with E-state index in [0.717, 1.165) is 24.8 Å². The molecule has 0 aromatic heterocycles. The first-order chi connectivity index (χ1) is 10.0. The van der Waals surface area contributed by atoms with Crippen molar-refractivity contribution >= 4 is 12.0 Å². The van der Waals surface area contributed by atoms with Crippen LogP contribution >= 0.6 is 0 Å². The molecule has 1 rings (SSSR count). The van der Waals surface area contributed by atoms with Crippen LogP contribution in [0, 0.1) is 0 Å². The van der Waals surface area contributed by atoms with Gasteiger partial charge in [0.05, 0.1) is 13.2 Å². The Balaban J connectivity index is 2.31. The number of carboxylic acid groups (broad SMARTS) is 1. The Bertz CT molecular complexity index is 371. The van der Waals surface area contributed by atoms with Gasteiger partial charge in [-0.25, -0.2) is 4.79 Å². The number of hydrogen-bond acceptors (Lipinski definition) is 3. The fourth-order valence-corrected chi connectivity index (χ4v) is 2.44. The molecule has 1 fully saturated rings. The van der Waals surface area contributed by atoms with Crippen LogP contribution in [0.15, 0.2) is 12.2 Å². The highest BCUT2D eigenvalue weighted by Gasteiger charge is 2.26. The average molecular weight is 298 g/mol. The van der Waals surface area contributed by atoms with Crippen molar-refractivity contribution in [3.8, 4) is 0 Å². The van der Waals surface area contributed by atoms with Gasteiger partial charge >= 0.3 is 12.0 Å². The van der Waals surface area contributed by atoms with Crippen LogP contribution in [0.4, 0.5) is 4.79 Å². The second-order valence-corrected chi connectivity index (χ2v) is 5.52. The minimum absolute atomic E-state index is 0.0335. The Morgan fingerprint density at radius 1 is 1.43 bits per heavy atom. The largest absolute Gasteiger partial charge is 0.481 e. The van der Waals surface area contributed by atoms with Gasteiger partial charge in [0.1, 0.15) is 0 Å². The van der Waals surface area contributed by atoms with Gasteiger partial charge in [0.25, 0.3) is 0 Å². The molecule has 6 nitrogen and oxygen atoms in total. The molecule has 1 unspecified atom stereocenters. The molecule has 1 atom stereocenters. The van der Waals surface area contributed by atoms with E-state index in [0.29, 0.717) is 32.7 Å². The number of carbonyl (C=O) groups excluding carboxylic acids is 1. The number of ether oxygens (including phenoxy) is 1. The summed E-state index contributed by atoms with van der Waals surface area (Å²) in [7, 11) is 0. The zero-order valence-electron chi connectivity index (χ0n) is 12.8. The van der Waals surface area contributed by atoms with Crippen molar-refractivity contribution in [2.24, 2.45) is 0 Å². The third-order valence-corrected chi connectivity index (χ3v) is 3.45. The Morgan fingerprint density at radius 3 is 2.86 bits per heavy atom. The summed E-state index contributed by atoms with van der Waals surface area (Å²) in [5.41, 5.74) is 0.950. The molecule has 0 aliphatic carbocycles. The van der Waals surface area contributed by atoms with Gasteiger partial charge in [-0.2, -0.15) is 0 Å². The molecule has 0 aromatic carbocycles. The summed E-state index contributed by atoms with van der Waals surface area (Å²) in [6, 6.07) is -0.0878. The summed E-state index contributed by atoms with van der Waals surface area (Å²) in [5, 5.41) is 11.6. The number of nitrogens with zero attached hydrogens (tertiary/aromatic N) is 1. The Morgan fingerprint density at radius 2 is 2.19 bits per heavy atom. The van der Waals surface area contributed by atoms with Crippen molar-refractivity contribution < 1.29 is 19.4 Å². The van der Waals surface area contributed by atoms with Gasteiger partial charge in [-0.05, 0) is 32.6 Å². The number of hydrogen-bond donors (Lipinski definition) is 2. The van der Waals surface area contributed by atoms with E-state index >= 15 is 0 Å². The Labute approximate surface area is 126 Å². The van der Waals surface area contributed by atoms with E-state index < -0.39 is 5.97 Å². The molecule has 21 heavy (non-hydrogen) atoms. The summed E-state index contributed by atoms with van der Waals surface area (Å²) in [4.78, 5) is 24.6. The predicted octanol–water partition coefficient (Wildman–Crippen LogP) is 2.01. The van der Waals surface area contributed by atoms with E-state index in [1.807, 2.05) is 6.92 Å². The van der Waals surface area contributed by atoms with E-state index in [1.165, 1.54) is 0 Å². The number of carbonyl (C=O) groups is 2. The zero-order valence-corrected chi connectivity index (χ0v) is 12.8. The lowest BCUT2D eigenvalue weighted by molar-refractivity contribution is -0.137. The first-order valence-corrected chi connectivity index (χ1v) is 7.49. The topological polar surface area (TPSA) is 78.9 Å².